The predicted octanol–water partition coefficient (Wildman–Crippen LogP) is 3.33. The number of hydrogen-bond acceptors (Lipinski definition) is 2. The zero-order valence-corrected chi connectivity index (χ0v) is 12.1. The number of nitrogens with zero attached hydrogens (tertiary/aromatic N) is 1. The van der Waals surface area contributed by atoms with Crippen LogP contribution < -0.4 is 0 Å². The van der Waals surface area contributed by atoms with Crippen molar-refractivity contribution in [2.75, 3.05) is 6.54 Å². The summed E-state index contributed by atoms with van der Waals surface area (Å²) in [5.41, 5.74) is 1.32. The molecule has 0 unspecified atom stereocenters. The van der Waals surface area contributed by atoms with Crippen LogP contribution in [0.2, 0.25) is 5.02 Å². The second kappa shape index (κ2) is 5.72. The van der Waals surface area contributed by atoms with Crippen molar-refractivity contribution in [3.63, 3.8) is 0 Å². The van der Waals surface area contributed by atoms with Gasteiger partial charge in [-0.25, -0.2) is 0 Å². The van der Waals surface area contributed by atoms with E-state index in [4.69, 9.17) is 11.6 Å². The normalized spacial score (nSPS) is 11.9. The molecule has 0 saturated heterocycles. The molecule has 18 heavy (non-hydrogen) atoms. The topological polar surface area (TPSA) is 40.5 Å². The summed E-state index contributed by atoms with van der Waals surface area (Å²) in [6.45, 7) is 8.70. The Kier molecular flexibility index (Phi) is 4.77. The standard InChI is InChI=1S/C14H20ClNO2/c1-5-16(14(3,4)13(17)18)9-11-6-7-12(15)8-10(11)2/h6-8H,5,9H2,1-4H3,(H,17,18). The van der Waals surface area contributed by atoms with Crippen molar-refractivity contribution in [1.29, 1.82) is 0 Å². The van der Waals surface area contributed by atoms with Gasteiger partial charge in [-0.1, -0.05) is 24.6 Å². The van der Waals surface area contributed by atoms with E-state index in [9.17, 15) is 9.90 Å². The van der Waals surface area contributed by atoms with Gasteiger partial charge in [-0.05, 0) is 50.6 Å². The van der Waals surface area contributed by atoms with E-state index in [0.717, 1.165) is 11.1 Å². The molecule has 0 heterocycles. The molecule has 0 aliphatic rings. The first-order valence-corrected chi connectivity index (χ1v) is 6.40. The third kappa shape index (κ3) is 3.24. The molecule has 0 radical (unpaired) electrons. The van der Waals surface area contributed by atoms with Gasteiger partial charge in [0.1, 0.15) is 5.54 Å². The van der Waals surface area contributed by atoms with Crippen LogP contribution in [0.5, 0.6) is 0 Å². The van der Waals surface area contributed by atoms with Crippen LogP contribution in [0.15, 0.2) is 18.2 Å². The Morgan fingerprint density at radius 2 is 2.06 bits per heavy atom. The van der Waals surface area contributed by atoms with E-state index in [2.05, 4.69) is 0 Å². The molecule has 0 aliphatic carbocycles. The quantitative estimate of drug-likeness (QED) is 0.891. The van der Waals surface area contributed by atoms with Crippen LogP contribution in [0.25, 0.3) is 0 Å². The lowest BCUT2D eigenvalue weighted by Crippen LogP contribution is -2.49. The molecule has 0 spiro atoms. The molecule has 0 amide bonds. The Morgan fingerprint density at radius 3 is 2.50 bits per heavy atom. The fraction of sp³-hybridized carbons (Fsp3) is 0.500. The van der Waals surface area contributed by atoms with E-state index >= 15 is 0 Å². The van der Waals surface area contributed by atoms with Crippen molar-refractivity contribution in [1.82, 2.24) is 4.90 Å². The molecule has 0 aliphatic heterocycles. The van der Waals surface area contributed by atoms with E-state index in [0.29, 0.717) is 18.1 Å². The van der Waals surface area contributed by atoms with Gasteiger partial charge < -0.3 is 5.11 Å². The molecular weight excluding hydrogens is 250 g/mol. The largest absolute Gasteiger partial charge is 0.480 e. The van der Waals surface area contributed by atoms with Crippen molar-refractivity contribution in [2.45, 2.75) is 39.8 Å². The maximum atomic E-state index is 11.3. The lowest BCUT2D eigenvalue weighted by molar-refractivity contribution is -0.149. The monoisotopic (exact) mass is 269 g/mol. The van der Waals surface area contributed by atoms with Crippen LogP contribution in [-0.4, -0.2) is 28.1 Å². The molecule has 0 bridgehead atoms. The van der Waals surface area contributed by atoms with Gasteiger partial charge in [0.05, 0.1) is 0 Å². The lowest BCUT2D eigenvalue weighted by Gasteiger charge is -2.34. The first kappa shape index (κ1) is 15.0. The molecule has 0 aromatic heterocycles. The smallest absolute Gasteiger partial charge is 0.323 e. The summed E-state index contributed by atoms with van der Waals surface area (Å²) in [6.07, 6.45) is 0. The van der Waals surface area contributed by atoms with Crippen molar-refractivity contribution >= 4 is 17.6 Å². The number of likely N-dealkylation sites (N-methyl/N-ethyl adjacent to an activating group) is 1. The first-order chi connectivity index (χ1) is 8.28. The maximum absolute atomic E-state index is 11.3. The zero-order valence-electron chi connectivity index (χ0n) is 11.3. The number of carboxylic acids is 1. The Bertz CT molecular complexity index is 443. The highest BCUT2D eigenvalue weighted by Gasteiger charge is 2.33. The van der Waals surface area contributed by atoms with Crippen LogP contribution in [0.3, 0.4) is 0 Å². The Hall–Kier alpha value is -1.06. The number of aliphatic carboxylic acids is 1. The molecule has 1 aromatic carbocycles. The van der Waals surface area contributed by atoms with Crippen molar-refractivity contribution in [2.24, 2.45) is 0 Å². The van der Waals surface area contributed by atoms with Gasteiger partial charge in [0, 0.05) is 11.6 Å². The van der Waals surface area contributed by atoms with E-state index in [1.165, 1.54) is 0 Å². The van der Waals surface area contributed by atoms with Crippen LogP contribution in [0.1, 0.15) is 31.9 Å². The number of carboxylic acid groups (broad SMARTS) is 1. The highest BCUT2D eigenvalue weighted by Crippen LogP contribution is 2.21. The summed E-state index contributed by atoms with van der Waals surface area (Å²) < 4.78 is 0. The molecule has 100 valence electrons. The average molecular weight is 270 g/mol. The van der Waals surface area contributed by atoms with Gasteiger partial charge in [0.2, 0.25) is 0 Å². The van der Waals surface area contributed by atoms with Crippen LogP contribution in [0, 0.1) is 6.92 Å². The number of carbonyl (C=O) groups is 1. The summed E-state index contributed by atoms with van der Waals surface area (Å²) >= 11 is 5.92. The lowest BCUT2D eigenvalue weighted by atomic mass is 10.0. The summed E-state index contributed by atoms with van der Waals surface area (Å²) in [6, 6.07) is 5.70. The Balaban J connectivity index is 2.96. The fourth-order valence-corrected chi connectivity index (χ4v) is 2.11. The SMILES string of the molecule is CCN(Cc1ccc(Cl)cc1C)C(C)(C)C(=O)O. The third-order valence-corrected chi connectivity index (χ3v) is 3.60. The Morgan fingerprint density at radius 1 is 1.44 bits per heavy atom. The summed E-state index contributed by atoms with van der Waals surface area (Å²) in [5.74, 6) is -0.809. The van der Waals surface area contributed by atoms with Crippen LogP contribution in [-0.2, 0) is 11.3 Å². The van der Waals surface area contributed by atoms with Crippen LogP contribution >= 0.6 is 11.6 Å². The Labute approximate surface area is 113 Å². The fourth-order valence-electron chi connectivity index (χ4n) is 1.88. The van der Waals surface area contributed by atoms with E-state index in [1.807, 2.05) is 36.9 Å². The molecule has 0 saturated carbocycles. The molecule has 1 N–H and O–H groups in total. The first-order valence-electron chi connectivity index (χ1n) is 6.02. The molecule has 1 rings (SSSR count). The summed E-state index contributed by atoms with van der Waals surface area (Å²) in [5, 5.41) is 9.98. The minimum Gasteiger partial charge on any atom is -0.480 e. The van der Waals surface area contributed by atoms with Crippen molar-refractivity contribution < 1.29 is 9.90 Å². The van der Waals surface area contributed by atoms with E-state index in [1.54, 1.807) is 13.8 Å². The summed E-state index contributed by atoms with van der Waals surface area (Å²) in [7, 11) is 0. The molecule has 1 aromatic rings. The number of benzene rings is 1. The number of halogens is 1. The molecular formula is C14H20ClNO2. The molecule has 0 atom stereocenters. The predicted molar refractivity (Wildman–Crippen MR) is 74.0 cm³/mol. The van der Waals surface area contributed by atoms with Gasteiger partial charge in [-0.15, -0.1) is 0 Å². The van der Waals surface area contributed by atoms with Crippen LogP contribution in [0.4, 0.5) is 0 Å². The average Bonchev–Trinajstić information content (AvgIpc) is 2.27. The molecule has 3 nitrogen and oxygen atoms in total. The minimum atomic E-state index is -0.874. The molecule has 4 heteroatoms. The van der Waals surface area contributed by atoms with Gasteiger partial charge in [0.25, 0.3) is 0 Å². The van der Waals surface area contributed by atoms with Gasteiger partial charge in [-0.2, -0.15) is 0 Å². The number of hydrogen-bond donors (Lipinski definition) is 1. The number of aryl methyl sites for hydroxylation is 1. The van der Waals surface area contributed by atoms with Crippen molar-refractivity contribution in [3.05, 3.63) is 34.3 Å². The van der Waals surface area contributed by atoms with Crippen molar-refractivity contribution in [3.8, 4) is 0 Å². The molecule has 0 fully saturated rings. The number of rotatable bonds is 5. The third-order valence-electron chi connectivity index (χ3n) is 3.36. The maximum Gasteiger partial charge on any atom is 0.323 e. The van der Waals surface area contributed by atoms with Gasteiger partial charge in [-0.3, -0.25) is 9.69 Å². The van der Waals surface area contributed by atoms with E-state index in [-0.39, 0.29) is 0 Å². The van der Waals surface area contributed by atoms with E-state index < -0.39 is 11.5 Å². The van der Waals surface area contributed by atoms with Gasteiger partial charge >= 0.3 is 5.97 Å². The second-order valence-electron chi connectivity index (χ2n) is 4.95. The highest BCUT2D eigenvalue weighted by molar-refractivity contribution is 6.30. The van der Waals surface area contributed by atoms with Gasteiger partial charge in [0.15, 0.2) is 0 Å². The highest BCUT2D eigenvalue weighted by atomic mass is 35.5. The minimum absolute atomic E-state index is 0.610. The second-order valence-corrected chi connectivity index (χ2v) is 5.39. The zero-order chi connectivity index (χ0) is 13.9. The summed E-state index contributed by atoms with van der Waals surface area (Å²) in [4.78, 5) is 13.2.